The minimum absolute atomic E-state index is 0.212. The molecule has 0 aromatic heterocycles. The van der Waals surface area contributed by atoms with E-state index in [-0.39, 0.29) is 6.10 Å². The first-order chi connectivity index (χ1) is 8.59. The Morgan fingerprint density at radius 3 is 2.61 bits per heavy atom. The van der Waals surface area contributed by atoms with Crippen molar-refractivity contribution >= 4 is 10.0 Å². The van der Waals surface area contributed by atoms with Crippen molar-refractivity contribution in [3.63, 3.8) is 0 Å². The minimum Gasteiger partial charge on any atom is -0.391 e. The number of rotatable bonds is 4. The molecule has 1 aliphatic rings. The van der Waals surface area contributed by atoms with Gasteiger partial charge in [0, 0.05) is 11.8 Å². The Morgan fingerprint density at radius 2 is 2.00 bits per heavy atom. The minimum atomic E-state index is -0.899. The van der Waals surface area contributed by atoms with Gasteiger partial charge in [-0.05, 0) is 36.8 Å². The van der Waals surface area contributed by atoms with Crippen molar-refractivity contribution in [3.8, 4) is 0 Å². The van der Waals surface area contributed by atoms with Crippen molar-refractivity contribution in [1.29, 1.82) is 0 Å². The summed E-state index contributed by atoms with van der Waals surface area (Å²) in [5.74, 6) is 0.898. The molecule has 1 saturated heterocycles. The van der Waals surface area contributed by atoms with Gasteiger partial charge in [0.1, 0.15) is 0 Å². The Hall–Kier alpha value is -0.510. The van der Waals surface area contributed by atoms with Crippen molar-refractivity contribution in [3.05, 3.63) is 30.3 Å². The second kappa shape index (κ2) is 6.09. The fourth-order valence-corrected chi connectivity index (χ4v) is 4.81. The molecule has 3 heteroatoms. The summed E-state index contributed by atoms with van der Waals surface area (Å²) in [6, 6.07) is 10.9. The molecule has 0 bridgehead atoms. The molecule has 1 fully saturated rings. The fraction of sp³-hybridized carbons (Fsp3) is 0.600. The summed E-state index contributed by atoms with van der Waals surface area (Å²) in [4.78, 5) is 1.39. The normalized spacial score (nSPS) is 23.6. The van der Waals surface area contributed by atoms with Crippen LogP contribution >= 0.6 is 10.0 Å². The molecule has 102 valence electrons. The highest BCUT2D eigenvalue weighted by Gasteiger charge is 2.26. The first-order valence-electron chi connectivity index (χ1n) is 6.77. The van der Waals surface area contributed by atoms with Crippen LogP contribution in [0.25, 0.3) is 0 Å². The molecule has 1 aromatic carbocycles. The van der Waals surface area contributed by atoms with E-state index in [2.05, 4.69) is 48.2 Å². The van der Waals surface area contributed by atoms with Gasteiger partial charge < -0.3 is 10.4 Å². The molecule has 0 aliphatic carbocycles. The van der Waals surface area contributed by atoms with Gasteiger partial charge in [0.2, 0.25) is 0 Å². The highest BCUT2D eigenvalue weighted by Crippen LogP contribution is 2.49. The Kier molecular flexibility index (Phi) is 4.71. The second-order valence-electron chi connectivity index (χ2n) is 5.64. The average Bonchev–Trinajstić information content (AvgIpc) is 2.40. The van der Waals surface area contributed by atoms with Gasteiger partial charge >= 0.3 is 0 Å². The number of aliphatic hydroxyl groups is 1. The van der Waals surface area contributed by atoms with Crippen LogP contribution in [0.5, 0.6) is 0 Å². The van der Waals surface area contributed by atoms with Gasteiger partial charge in [-0.15, -0.1) is 0 Å². The van der Waals surface area contributed by atoms with Crippen LogP contribution in [-0.2, 0) is 0 Å². The Morgan fingerprint density at radius 1 is 1.28 bits per heavy atom. The zero-order chi connectivity index (χ0) is 13.0. The molecular formula is C15H25NOS. The maximum Gasteiger partial charge on any atom is 0.0771 e. The Bertz CT molecular complexity index is 360. The molecule has 0 radical (unpaired) electrons. The van der Waals surface area contributed by atoms with E-state index in [1.165, 1.54) is 17.7 Å². The molecule has 2 rings (SSSR count). The molecule has 0 unspecified atom stereocenters. The standard InChI is InChI=1S/C15H25NOS/c1-18(2,13-8-4-3-5-9-13)12-15(17)14-10-6-7-11-16-14/h3-5,8-9,14-17H,6-7,10-12H2,1-2H3/t14-,15+/m0/s1. The highest BCUT2D eigenvalue weighted by atomic mass is 32.3. The molecule has 0 saturated carbocycles. The Labute approximate surface area is 112 Å². The lowest BCUT2D eigenvalue weighted by molar-refractivity contribution is 0.133. The van der Waals surface area contributed by atoms with E-state index in [1.54, 1.807) is 0 Å². The zero-order valence-corrected chi connectivity index (χ0v) is 12.2. The number of nitrogens with one attached hydrogen (secondary N) is 1. The molecule has 2 atom stereocenters. The number of hydrogen-bond acceptors (Lipinski definition) is 2. The summed E-state index contributed by atoms with van der Waals surface area (Å²) >= 11 is 0. The Balaban J connectivity index is 1.98. The van der Waals surface area contributed by atoms with Gasteiger partial charge in [-0.1, -0.05) is 36.8 Å². The van der Waals surface area contributed by atoms with Crippen LogP contribution in [0, 0.1) is 0 Å². The van der Waals surface area contributed by atoms with Crippen molar-refractivity contribution < 1.29 is 5.11 Å². The molecule has 2 nitrogen and oxygen atoms in total. The number of hydrogen-bond donors (Lipinski definition) is 2. The third-order valence-corrected chi connectivity index (χ3v) is 6.50. The van der Waals surface area contributed by atoms with E-state index in [0.717, 1.165) is 18.7 Å². The summed E-state index contributed by atoms with van der Waals surface area (Å²) in [5, 5.41) is 13.9. The summed E-state index contributed by atoms with van der Waals surface area (Å²) in [5.41, 5.74) is 0. The predicted octanol–water partition coefficient (Wildman–Crippen LogP) is 2.61. The maximum atomic E-state index is 10.4. The van der Waals surface area contributed by atoms with E-state index >= 15 is 0 Å². The number of aliphatic hydroxyl groups excluding tert-OH is 1. The van der Waals surface area contributed by atoms with E-state index in [0.29, 0.717) is 6.04 Å². The third kappa shape index (κ3) is 3.50. The lowest BCUT2D eigenvalue weighted by atomic mass is 10.0. The molecule has 1 heterocycles. The zero-order valence-electron chi connectivity index (χ0n) is 11.4. The molecule has 0 amide bonds. The maximum absolute atomic E-state index is 10.4. The summed E-state index contributed by atoms with van der Waals surface area (Å²) in [7, 11) is -0.899. The van der Waals surface area contributed by atoms with Crippen LogP contribution in [-0.4, -0.2) is 42.1 Å². The monoisotopic (exact) mass is 267 g/mol. The van der Waals surface area contributed by atoms with Crippen LogP contribution in [0.1, 0.15) is 19.3 Å². The lowest BCUT2D eigenvalue weighted by Crippen LogP contribution is -2.45. The summed E-state index contributed by atoms with van der Waals surface area (Å²) in [6.07, 6.45) is 8.00. The fourth-order valence-electron chi connectivity index (χ4n) is 2.64. The van der Waals surface area contributed by atoms with Gasteiger partial charge in [-0.2, -0.15) is 0 Å². The quantitative estimate of drug-likeness (QED) is 0.879. The SMILES string of the molecule is CS(C)(C[C@@H](O)[C@@H]1CCCCN1)c1ccccc1. The lowest BCUT2D eigenvalue weighted by Gasteiger charge is -2.37. The molecule has 0 spiro atoms. The van der Waals surface area contributed by atoms with Crippen molar-refractivity contribution in [2.75, 3.05) is 24.8 Å². The van der Waals surface area contributed by atoms with E-state index in [9.17, 15) is 5.11 Å². The van der Waals surface area contributed by atoms with Crippen LogP contribution in [0.15, 0.2) is 35.2 Å². The van der Waals surface area contributed by atoms with Gasteiger partial charge in [0.25, 0.3) is 0 Å². The molecule has 1 aromatic rings. The highest BCUT2D eigenvalue weighted by molar-refractivity contribution is 8.32. The van der Waals surface area contributed by atoms with Gasteiger partial charge in [-0.3, -0.25) is 0 Å². The largest absolute Gasteiger partial charge is 0.391 e. The van der Waals surface area contributed by atoms with Crippen LogP contribution < -0.4 is 5.32 Å². The van der Waals surface area contributed by atoms with Crippen LogP contribution in [0.2, 0.25) is 0 Å². The number of benzene rings is 1. The van der Waals surface area contributed by atoms with Crippen LogP contribution in [0.4, 0.5) is 0 Å². The predicted molar refractivity (Wildman–Crippen MR) is 80.7 cm³/mol. The smallest absolute Gasteiger partial charge is 0.0771 e. The van der Waals surface area contributed by atoms with E-state index in [1.807, 2.05) is 0 Å². The van der Waals surface area contributed by atoms with E-state index in [4.69, 9.17) is 0 Å². The third-order valence-electron chi connectivity index (χ3n) is 3.78. The van der Waals surface area contributed by atoms with Crippen molar-refractivity contribution in [1.82, 2.24) is 5.32 Å². The van der Waals surface area contributed by atoms with Crippen LogP contribution in [0.3, 0.4) is 0 Å². The van der Waals surface area contributed by atoms with Crippen molar-refractivity contribution in [2.45, 2.75) is 36.3 Å². The first-order valence-corrected chi connectivity index (χ1v) is 9.39. The summed E-state index contributed by atoms with van der Waals surface area (Å²) < 4.78 is 0. The molecule has 1 aliphatic heterocycles. The first kappa shape index (κ1) is 13.9. The molecular weight excluding hydrogens is 242 g/mol. The van der Waals surface area contributed by atoms with Gasteiger partial charge in [-0.25, -0.2) is 10.0 Å². The van der Waals surface area contributed by atoms with Gasteiger partial charge in [0.15, 0.2) is 0 Å². The van der Waals surface area contributed by atoms with E-state index < -0.39 is 10.0 Å². The molecule has 18 heavy (non-hydrogen) atoms. The topological polar surface area (TPSA) is 32.3 Å². The molecule has 2 N–H and O–H groups in total. The second-order valence-corrected chi connectivity index (χ2v) is 9.52. The summed E-state index contributed by atoms with van der Waals surface area (Å²) in [6.45, 7) is 1.06. The number of piperidine rings is 1. The van der Waals surface area contributed by atoms with Crippen molar-refractivity contribution in [2.24, 2.45) is 0 Å². The average molecular weight is 267 g/mol. The van der Waals surface area contributed by atoms with Gasteiger partial charge in [0.05, 0.1) is 6.10 Å².